The van der Waals surface area contributed by atoms with Crippen LogP contribution in [0.25, 0.3) is 5.69 Å². The predicted octanol–water partition coefficient (Wildman–Crippen LogP) is 2.84. The summed E-state index contributed by atoms with van der Waals surface area (Å²) >= 11 is 0. The van der Waals surface area contributed by atoms with Crippen molar-refractivity contribution in [2.24, 2.45) is 5.73 Å². The van der Waals surface area contributed by atoms with E-state index in [4.69, 9.17) is 5.73 Å². The number of benzene rings is 1. The molecule has 2 rings (SSSR count). The second-order valence-electron chi connectivity index (χ2n) is 5.20. The Hall–Kier alpha value is -1.92. The minimum Gasteiger partial charge on any atom is -0.346 e. The second-order valence-corrected chi connectivity index (χ2v) is 5.20. The van der Waals surface area contributed by atoms with E-state index < -0.39 is 24.9 Å². The van der Waals surface area contributed by atoms with Gasteiger partial charge in [-0.15, -0.1) is 12.4 Å². The molecule has 1 aromatic heterocycles. The zero-order valence-electron chi connectivity index (χ0n) is 13.0. The molecule has 126 valence electrons. The number of carbonyl (C=O) groups is 1. The third-order valence-corrected chi connectivity index (χ3v) is 3.50. The normalized spacial score (nSPS) is 11.0. The lowest BCUT2D eigenvalue weighted by Crippen LogP contribution is -2.41. The summed E-state index contributed by atoms with van der Waals surface area (Å²) < 4.78 is 28.2. The number of carbonyl (C=O) groups excluding carboxylic acids is 1. The Morgan fingerprint density at radius 3 is 2.43 bits per heavy atom. The van der Waals surface area contributed by atoms with Gasteiger partial charge in [-0.1, -0.05) is 18.2 Å². The van der Waals surface area contributed by atoms with Gasteiger partial charge >= 0.3 is 0 Å². The Balaban J connectivity index is 0.00000264. The van der Waals surface area contributed by atoms with Crippen molar-refractivity contribution in [3.8, 4) is 5.69 Å². The van der Waals surface area contributed by atoms with Crippen LogP contribution in [0.4, 0.5) is 8.78 Å². The molecule has 7 heteroatoms. The Bertz CT molecular complexity index is 671. The summed E-state index contributed by atoms with van der Waals surface area (Å²) in [5.41, 5.74) is 7.83. The molecular formula is C16H20ClF2N3O. The highest BCUT2D eigenvalue weighted by Crippen LogP contribution is 2.21. The zero-order valence-corrected chi connectivity index (χ0v) is 13.8. The summed E-state index contributed by atoms with van der Waals surface area (Å²) in [5.74, 6) is -3.62. The van der Waals surface area contributed by atoms with Crippen LogP contribution in [0.15, 0.2) is 36.4 Å². The van der Waals surface area contributed by atoms with Crippen LogP contribution in [0.1, 0.15) is 21.7 Å². The molecule has 0 aliphatic rings. The maximum atomic E-state index is 13.1. The number of rotatable bonds is 5. The molecule has 1 aromatic carbocycles. The Morgan fingerprint density at radius 1 is 1.26 bits per heavy atom. The Labute approximate surface area is 140 Å². The van der Waals surface area contributed by atoms with Crippen molar-refractivity contribution in [2.75, 3.05) is 13.1 Å². The lowest BCUT2D eigenvalue weighted by atomic mass is 10.2. The van der Waals surface area contributed by atoms with Crippen LogP contribution in [0.3, 0.4) is 0 Å². The molecule has 0 atom stereocenters. The topological polar surface area (TPSA) is 60.1 Å². The number of halogens is 3. The average Bonchev–Trinajstić information content (AvgIpc) is 2.81. The van der Waals surface area contributed by atoms with Gasteiger partial charge in [0.15, 0.2) is 0 Å². The maximum Gasteiger partial charge on any atom is 0.277 e. The molecule has 3 N–H and O–H groups in total. The standard InChI is InChI=1S/C16H19F2N3O.ClH/c1-11-8-14(15(22)20-10-16(17,18)9-19)12(2)21(11)13-6-4-3-5-7-13;/h3-8H,9-10,19H2,1-2H3,(H,20,22);1H. The summed E-state index contributed by atoms with van der Waals surface area (Å²) in [7, 11) is 0. The summed E-state index contributed by atoms with van der Waals surface area (Å²) in [6.07, 6.45) is 0. The molecule has 0 aliphatic heterocycles. The number of amides is 1. The fraction of sp³-hybridized carbons (Fsp3) is 0.312. The van der Waals surface area contributed by atoms with Gasteiger partial charge in [-0.25, -0.2) is 8.78 Å². The van der Waals surface area contributed by atoms with Gasteiger partial charge < -0.3 is 15.6 Å². The number of alkyl halides is 2. The van der Waals surface area contributed by atoms with Gasteiger partial charge in [0.05, 0.1) is 18.7 Å². The molecular weight excluding hydrogens is 324 g/mol. The molecule has 0 spiro atoms. The van der Waals surface area contributed by atoms with Crippen LogP contribution in [-0.4, -0.2) is 29.5 Å². The van der Waals surface area contributed by atoms with Crippen LogP contribution < -0.4 is 11.1 Å². The summed E-state index contributed by atoms with van der Waals surface area (Å²) in [4.78, 5) is 12.1. The fourth-order valence-electron chi connectivity index (χ4n) is 2.34. The van der Waals surface area contributed by atoms with Crippen molar-refractivity contribution >= 4 is 18.3 Å². The molecule has 4 nitrogen and oxygen atoms in total. The lowest BCUT2D eigenvalue weighted by molar-refractivity contribution is 0.0118. The number of hydrogen-bond donors (Lipinski definition) is 2. The number of nitrogens with two attached hydrogens (primary N) is 1. The minimum absolute atomic E-state index is 0. The van der Waals surface area contributed by atoms with E-state index in [0.717, 1.165) is 11.4 Å². The van der Waals surface area contributed by atoms with E-state index in [0.29, 0.717) is 11.3 Å². The third-order valence-electron chi connectivity index (χ3n) is 3.50. The number of aromatic nitrogens is 1. The van der Waals surface area contributed by atoms with Gasteiger partial charge in [0.2, 0.25) is 0 Å². The van der Waals surface area contributed by atoms with Crippen LogP contribution in [0.2, 0.25) is 0 Å². The second kappa shape index (κ2) is 7.57. The molecule has 2 aromatic rings. The van der Waals surface area contributed by atoms with Gasteiger partial charge in [0.1, 0.15) is 0 Å². The molecule has 1 amide bonds. The van der Waals surface area contributed by atoms with Crippen molar-refractivity contribution in [3.05, 3.63) is 53.3 Å². The summed E-state index contributed by atoms with van der Waals surface area (Å²) in [6, 6.07) is 11.2. The van der Waals surface area contributed by atoms with Gasteiger partial charge in [0, 0.05) is 17.1 Å². The molecule has 0 saturated carbocycles. The monoisotopic (exact) mass is 343 g/mol. The van der Waals surface area contributed by atoms with E-state index in [2.05, 4.69) is 5.32 Å². The van der Waals surface area contributed by atoms with E-state index in [1.165, 1.54) is 0 Å². The highest BCUT2D eigenvalue weighted by molar-refractivity contribution is 5.96. The zero-order chi connectivity index (χ0) is 16.3. The smallest absolute Gasteiger partial charge is 0.277 e. The molecule has 0 fully saturated rings. The number of hydrogen-bond acceptors (Lipinski definition) is 2. The molecule has 23 heavy (non-hydrogen) atoms. The quantitative estimate of drug-likeness (QED) is 0.877. The van der Waals surface area contributed by atoms with Crippen molar-refractivity contribution < 1.29 is 13.6 Å². The van der Waals surface area contributed by atoms with Gasteiger partial charge in [-0.2, -0.15) is 0 Å². The Morgan fingerprint density at radius 2 is 1.87 bits per heavy atom. The van der Waals surface area contributed by atoms with Crippen LogP contribution in [-0.2, 0) is 0 Å². The van der Waals surface area contributed by atoms with E-state index in [1.54, 1.807) is 13.0 Å². The molecule has 1 heterocycles. The van der Waals surface area contributed by atoms with Crippen LogP contribution in [0.5, 0.6) is 0 Å². The Kier molecular flexibility index (Phi) is 6.29. The van der Waals surface area contributed by atoms with Gasteiger partial charge in [-0.3, -0.25) is 4.79 Å². The highest BCUT2D eigenvalue weighted by Gasteiger charge is 2.28. The molecule has 0 unspecified atom stereocenters. The number of nitrogens with one attached hydrogen (secondary N) is 1. The summed E-state index contributed by atoms with van der Waals surface area (Å²) in [5, 5.41) is 2.24. The first kappa shape index (κ1) is 19.1. The first-order chi connectivity index (χ1) is 10.4. The first-order valence-electron chi connectivity index (χ1n) is 6.96. The largest absolute Gasteiger partial charge is 0.346 e. The minimum atomic E-state index is -3.10. The highest BCUT2D eigenvalue weighted by atomic mass is 35.5. The lowest BCUT2D eigenvalue weighted by Gasteiger charge is -2.14. The first-order valence-corrected chi connectivity index (χ1v) is 6.96. The van der Waals surface area contributed by atoms with Crippen LogP contribution >= 0.6 is 12.4 Å². The van der Waals surface area contributed by atoms with Crippen molar-refractivity contribution in [1.29, 1.82) is 0 Å². The molecule has 0 saturated heterocycles. The number of aryl methyl sites for hydroxylation is 1. The number of nitrogens with zero attached hydrogens (tertiary/aromatic N) is 1. The fourth-order valence-corrected chi connectivity index (χ4v) is 2.34. The van der Waals surface area contributed by atoms with Gasteiger partial charge in [-0.05, 0) is 32.0 Å². The van der Waals surface area contributed by atoms with E-state index in [-0.39, 0.29) is 12.4 Å². The SMILES string of the molecule is Cc1cc(C(=O)NCC(F)(F)CN)c(C)n1-c1ccccc1.Cl. The molecule has 0 radical (unpaired) electrons. The third kappa shape index (κ3) is 4.30. The molecule has 0 aliphatic carbocycles. The molecule has 0 bridgehead atoms. The van der Waals surface area contributed by atoms with Crippen molar-refractivity contribution in [1.82, 2.24) is 9.88 Å². The van der Waals surface area contributed by atoms with Crippen LogP contribution in [0, 0.1) is 13.8 Å². The maximum absolute atomic E-state index is 13.1. The number of para-hydroxylation sites is 1. The van der Waals surface area contributed by atoms with Crippen molar-refractivity contribution in [2.45, 2.75) is 19.8 Å². The predicted molar refractivity (Wildman–Crippen MR) is 88.8 cm³/mol. The van der Waals surface area contributed by atoms with Crippen molar-refractivity contribution in [3.63, 3.8) is 0 Å². The van der Waals surface area contributed by atoms with E-state index in [1.807, 2.05) is 41.8 Å². The summed E-state index contributed by atoms with van der Waals surface area (Å²) in [6.45, 7) is 2.09. The van der Waals surface area contributed by atoms with Gasteiger partial charge in [0.25, 0.3) is 11.8 Å². The van der Waals surface area contributed by atoms with E-state index in [9.17, 15) is 13.6 Å². The average molecular weight is 344 g/mol. The van der Waals surface area contributed by atoms with E-state index >= 15 is 0 Å².